The van der Waals surface area contributed by atoms with Crippen molar-refractivity contribution in [2.24, 2.45) is 0 Å². The second-order valence-corrected chi connectivity index (χ2v) is 6.95. The number of carbonyl (C=O) groups is 1. The third-order valence-corrected chi connectivity index (χ3v) is 5.00. The molecule has 2 heterocycles. The largest absolute Gasteiger partial charge is 0.484 e. The number of ether oxygens (including phenoxy) is 1. The number of hydrogen-bond acceptors (Lipinski definition) is 6. The number of thiophene rings is 1. The third kappa shape index (κ3) is 4.24. The molecule has 4 rings (SSSR count). The summed E-state index contributed by atoms with van der Waals surface area (Å²) in [5.41, 5.74) is 1.78. The van der Waals surface area contributed by atoms with Crippen molar-refractivity contribution in [1.82, 2.24) is 25.5 Å². The summed E-state index contributed by atoms with van der Waals surface area (Å²) in [5, 5.41) is 16.1. The standard InChI is InChI=1S/C20H17N5O2S/c26-19(13-27-17-9-4-8-16(12-17)25-14-21-23-24-25)22-20(18-10-5-11-28-18)15-6-2-1-3-7-15/h1-12,14,20H,13H2,(H,22,26)/t20-/m0/s1. The van der Waals surface area contributed by atoms with E-state index in [2.05, 4.69) is 20.8 Å². The van der Waals surface area contributed by atoms with Crippen LogP contribution in [-0.2, 0) is 4.79 Å². The fourth-order valence-electron chi connectivity index (χ4n) is 2.77. The first-order valence-corrected chi connectivity index (χ1v) is 9.51. The highest BCUT2D eigenvalue weighted by atomic mass is 32.1. The molecule has 0 fully saturated rings. The molecule has 0 saturated heterocycles. The SMILES string of the molecule is O=C(COc1cccc(-n2cnnn2)c1)N[C@@H](c1ccccc1)c1cccs1. The Labute approximate surface area is 165 Å². The van der Waals surface area contributed by atoms with Crippen molar-refractivity contribution in [2.75, 3.05) is 6.61 Å². The second-order valence-electron chi connectivity index (χ2n) is 5.97. The lowest BCUT2D eigenvalue weighted by atomic mass is 10.1. The third-order valence-electron chi connectivity index (χ3n) is 4.07. The summed E-state index contributed by atoms with van der Waals surface area (Å²) in [7, 11) is 0. The molecule has 7 nitrogen and oxygen atoms in total. The number of amides is 1. The van der Waals surface area contributed by atoms with Crippen molar-refractivity contribution in [3.05, 3.63) is 88.9 Å². The highest BCUT2D eigenvalue weighted by Gasteiger charge is 2.18. The second kappa shape index (κ2) is 8.45. The molecule has 140 valence electrons. The van der Waals surface area contributed by atoms with E-state index in [9.17, 15) is 4.79 Å². The fourth-order valence-corrected chi connectivity index (χ4v) is 3.57. The summed E-state index contributed by atoms with van der Waals surface area (Å²) in [4.78, 5) is 13.6. The fraction of sp³-hybridized carbons (Fsp3) is 0.100. The lowest BCUT2D eigenvalue weighted by molar-refractivity contribution is -0.123. The van der Waals surface area contributed by atoms with Crippen LogP contribution in [0.1, 0.15) is 16.5 Å². The van der Waals surface area contributed by atoms with Gasteiger partial charge in [-0.05, 0) is 39.6 Å². The van der Waals surface area contributed by atoms with Gasteiger partial charge in [0, 0.05) is 10.9 Å². The molecule has 2 aromatic carbocycles. The van der Waals surface area contributed by atoms with Crippen molar-refractivity contribution in [1.29, 1.82) is 0 Å². The summed E-state index contributed by atoms with van der Waals surface area (Å²) in [6.45, 7) is -0.0895. The highest BCUT2D eigenvalue weighted by molar-refractivity contribution is 7.10. The number of rotatable bonds is 7. The monoisotopic (exact) mass is 391 g/mol. The van der Waals surface area contributed by atoms with E-state index in [1.807, 2.05) is 60.0 Å². The zero-order valence-electron chi connectivity index (χ0n) is 14.8. The number of benzene rings is 2. The minimum Gasteiger partial charge on any atom is -0.484 e. The predicted octanol–water partition coefficient (Wildman–Crippen LogP) is 3.01. The maximum Gasteiger partial charge on any atom is 0.258 e. The lowest BCUT2D eigenvalue weighted by Crippen LogP contribution is -2.32. The van der Waals surface area contributed by atoms with Crippen molar-refractivity contribution >= 4 is 17.2 Å². The molecule has 0 aliphatic rings. The zero-order valence-corrected chi connectivity index (χ0v) is 15.6. The van der Waals surface area contributed by atoms with Gasteiger partial charge < -0.3 is 10.1 Å². The van der Waals surface area contributed by atoms with Gasteiger partial charge in [-0.1, -0.05) is 42.5 Å². The van der Waals surface area contributed by atoms with Crippen LogP contribution in [0.2, 0.25) is 0 Å². The molecular formula is C20H17N5O2S. The molecule has 1 N–H and O–H groups in total. The molecule has 0 aliphatic carbocycles. The van der Waals surface area contributed by atoms with E-state index >= 15 is 0 Å². The molecule has 0 bridgehead atoms. The first kappa shape index (κ1) is 17.9. The van der Waals surface area contributed by atoms with E-state index in [0.29, 0.717) is 5.75 Å². The number of nitrogens with one attached hydrogen (secondary N) is 1. The van der Waals surface area contributed by atoms with E-state index < -0.39 is 0 Å². The van der Waals surface area contributed by atoms with Crippen LogP contribution in [0, 0.1) is 0 Å². The maximum absolute atomic E-state index is 12.5. The van der Waals surface area contributed by atoms with E-state index in [4.69, 9.17) is 4.74 Å². The topological polar surface area (TPSA) is 81.9 Å². The molecular weight excluding hydrogens is 374 g/mol. The number of carbonyl (C=O) groups excluding carboxylic acids is 1. The average molecular weight is 391 g/mol. The Kier molecular flexibility index (Phi) is 5.39. The number of hydrogen-bond donors (Lipinski definition) is 1. The van der Waals surface area contributed by atoms with Crippen LogP contribution < -0.4 is 10.1 Å². The lowest BCUT2D eigenvalue weighted by Gasteiger charge is -2.18. The Bertz CT molecular complexity index is 1020. The summed E-state index contributed by atoms with van der Waals surface area (Å²) in [6.07, 6.45) is 1.50. The van der Waals surface area contributed by atoms with Crippen LogP contribution in [0.5, 0.6) is 5.75 Å². The molecule has 1 amide bonds. The molecule has 28 heavy (non-hydrogen) atoms. The number of tetrazole rings is 1. The van der Waals surface area contributed by atoms with E-state index in [-0.39, 0.29) is 18.6 Å². The highest BCUT2D eigenvalue weighted by Crippen LogP contribution is 2.26. The normalized spacial score (nSPS) is 11.7. The van der Waals surface area contributed by atoms with E-state index in [1.54, 1.807) is 23.5 Å². The van der Waals surface area contributed by atoms with Gasteiger partial charge in [0.1, 0.15) is 12.1 Å². The average Bonchev–Trinajstić information content (AvgIpc) is 3.46. The number of aromatic nitrogens is 4. The Balaban J connectivity index is 1.43. The molecule has 2 aromatic heterocycles. The first-order chi connectivity index (χ1) is 13.8. The molecule has 4 aromatic rings. The van der Waals surface area contributed by atoms with Gasteiger partial charge in [-0.2, -0.15) is 0 Å². The van der Waals surface area contributed by atoms with Gasteiger partial charge in [0.15, 0.2) is 6.61 Å². The summed E-state index contributed by atoms with van der Waals surface area (Å²) in [5.74, 6) is 0.366. The summed E-state index contributed by atoms with van der Waals surface area (Å²) < 4.78 is 7.19. The minimum absolute atomic E-state index is 0.0895. The summed E-state index contributed by atoms with van der Waals surface area (Å²) >= 11 is 1.61. The van der Waals surface area contributed by atoms with Gasteiger partial charge in [-0.25, -0.2) is 4.68 Å². The van der Waals surface area contributed by atoms with Crippen LogP contribution in [0.25, 0.3) is 5.69 Å². The quantitative estimate of drug-likeness (QED) is 0.524. The van der Waals surface area contributed by atoms with Gasteiger partial charge >= 0.3 is 0 Å². The zero-order chi connectivity index (χ0) is 19.2. The molecule has 0 saturated carbocycles. The van der Waals surface area contributed by atoms with Crippen LogP contribution in [-0.4, -0.2) is 32.7 Å². The molecule has 0 aliphatic heterocycles. The van der Waals surface area contributed by atoms with Crippen molar-refractivity contribution < 1.29 is 9.53 Å². The smallest absolute Gasteiger partial charge is 0.258 e. The van der Waals surface area contributed by atoms with Crippen LogP contribution >= 0.6 is 11.3 Å². The van der Waals surface area contributed by atoms with Crippen LogP contribution in [0.4, 0.5) is 0 Å². The van der Waals surface area contributed by atoms with Gasteiger partial charge in [0.05, 0.1) is 11.7 Å². The number of nitrogens with zero attached hydrogens (tertiary/aromatic N) is 4. The van der Waals surface area contributed by atoms with Gasteiger partial charge in [0.2, 0.25) is 0 Å². The first-order valence-electron chi connectivity index (χ1n) is 8.63. The molecule has 1 atom stereocenters. The molecule has 0 unspecified atom stereocenters. The Morgan fingerprint density at radius 3 is 2.75 bits per heavy atom. The van der Waals surface area contributed by atoms with Crippen LogP contribution in [0.3, 0.4) is 0 Å². The van der Waals surface area contributed by atoms with Crippen molar-refractivity contribution in [2.45, 2.75) is 6.04 Å². The minimum atomic E-state index is -0.204. The van der Waals surface area contributed by atoms with Gasteiger partial charge in [-0.15, -0.1) is 16.4 Å². The van der Waals surface area contributed by atoms with Gasteiger partial charge in [-0.3, -0.25) is 4.79 Å². The van der Waals surface area contributed by atoms with E-state index in [0.717, 1.165) is 16.1 Å². The molecule has 0 radical (unpaired) electrons. The maximum atomic E-state index is 12.5. The van der Waals surface area contributed by atoms with Crippen molar-refractivity contribution in [3.63, 3.8) is 0 Å². The molecule has 8 heteroatoms. The predicted molar refractivity (Wildman–Crippen MR) is 105 cm³/mol. The Morgan fingerprint density at radius 1 is 1.11 bits per heavy atom. The van der Waals surface area contributed by atoms with E-state index in [1.165, 1.54) is 11.0 Å². The molecule has 0 spiro atoms. The summed E-state index contributed by atoms with van der Waals surface area (Å²) in [6, 6.07) is 20.9. The Hall–Kier alpha value is -3.52. The Morgan fingerprint density at radius 2 is 2.00 bits per heavy atom. The van der Waals surface area contributed by atoms with Gasteiger partial charge in [0.25, 0.3) is 5.91 Å². The van der Waals surface area contributed by atoms with Crippen LogP contribution in [0.15, 0.2) is 78.4 Å². The van der Waals surface area contributed by atoms with Crippen molar-refractivity contribution in [3.8, 4) is 11.4 Å².